The molecule has 0 unspecified atom stereocenters. The number of rotatable bonds is 5. The van der Waals surface area contributed by atoms with Crippen molar-refractivity contribution in [3.63, 3.8) is 0 Å². The highest BCUT2D eigenvalue weighted by Gasteiger charge is 2.10. The molecule has 1 aromatic heterocycles. The molecule has 0 amide bonds. The number of carbonyl (C=O) groups is 1. The highest BCUT2D eigenvalue weighted by Crippen LogP contribution is 2.23. The van der Waals surface area contributed by atoms with E-state index in [2.05, 4.69) is 36.7 Å². The molecule has 0 aliphatic carbocycles. The molecule has 4 heteroatoms. The largest absolute Gasteiger partial charge is 0.478 e. The molecule has 2 rings (SSSR count). The smallest absolute Gasteiger partial charge is 0.335 e. The van der Waals surface area contributed by atoms with Gasteiger partial charge >= 0.3 is 5.97 Å². The number of likely N-dealkylation sites (N-methyl/N-ethyl adjacent to an activating group) is 1. The summed E-state index contributed by atoms with van der Waals surface area (Å²) < 4.78 is 2.21. The Kier molecular flexibility index (Phi) is 3.90. The Morgan fingerprint density at radius 1 is 1.37 bits per heavy atom. The van der Waals surface area contributed by atoms with Gasteiger partial charge < -0.3 is 14.6 Å². The fourth-order valence-corrected chi connectivity index (χ4v) is 2.28. The fraction of sp³-hybridized carbons (Fsp3) is 0.400. The van der Waals surface area contributed by atoms with Gasteiger partial charge in [-0.05, 0) is 44.3 Å². The highest BCUT2D eigenvalue weighted by atomic mass is 16.4. The first-order valence-corrected chi connectivity index (χ1v) is 6.52. The molecule has 0 saturated heterocycles. The normalized spacial score (nSPS) is 11.4. The van der Waals surface area contributed by atoms with Gasteiger partial charge in [0.15, 0.2) is 0 Å². The predicted octanol–water partition coefficient (Wildman–Crippen LogP) is 2.46. The van der Waals surface area contributed by atoms with Crippen molar-refractivity contribution in [1.29, 1.82) is 0 Å². The molecule has 1 aromatic carbocycles. The molecule has 102 valence electrons. The second-order valence-electron chi connectivity index (χ2n) is 5.04. The summed E-state index contributed by atoms with van der Waals surface area (Å²) in [6, 6.07) is 5.37. The van der Waals surface area contributed by atoms with Crippen molar-refractivity contribution in [2.75, 3.05) is 20.6 Å². The Morgan fingerprint density at radius 2 is 2.11 bits per heavy atom. The monoisotopic (exact) mass is 260 g/mol. The summed E-state index contributed by atoms with van der Waals surface area (Å²) >= 11 is 0. The zero-order valence-corrected chi connectivity index (χ0v) is 11.7. The van der Waals surface area contributed by atoms with Crippen molar-refractivity contribution in [2.24, 2.45) is 0 Å². The molecular weight excluding hydrogens is 240 g/mol. The minimum absolute atomic E-state index is 0.354. The van der Waals surface area contributed by atoms with Crippen molar-refractivity contribution < 1.29 is 9.90 Å². The number of aryl methyl sites for hydroxylation is 1. The van der Waals surface area contributed by atoms with Gasteiger partial charge in [0, 0.05) is 30.2 Å². The number of benzene rings is 1. The van der Waals surface area contributed by atoms with Gasteiger partial charge in [0.1, 0.15) is 0 Å². The van der Waals surface area contributed by atoms with Crippen LogP contribution in [-0.4, -0.2) is 41.2 Å². The maximum Gasteiger partial charge on any atom is 0.335 e. The molecular formula is C15H20N2O2. The first-order chi connectivity index (χ1) is 9.02. The number of nitrogens with zero attached hydrogens (tertiary/aromatic N) is 2. The molecule has 0 radical (unpaired) electrons. The van der Waals surface area contributed by atoms with Gasteiger partial charge in [-0.25, -0.2) is 4.79 Å². The molecule has 0 atom stereocenters. The summed E-state index contributed by atoms with van der Waals surface area (Å²) in [6.45, 7) is 3.97. The Hall–Kier alpha value is -1.81. The maximum absolute atomic E-state index is 11.1. The molecule has 0 aliphatic rings. The van der Waals surface area contributed by atoms with Crippen LogP contribution in [0.4, 0.5) is 0 Å². The van der Waals surface area contributed by atoms with Crippen molar-refractivity contribution in [2.45, 2.75) is 19.9 Å². The van der Waals surface area contributed by atoms with Crippen molar-refractivity contribution in [3.8, 4) is 0 Å². The molecule has 0 aliphatic heterocycles. The summed E-state index contributed by atoms with van der Waals surface area (Å²) in [6.07, 6.45) is 3.05. The van der Waals surface area contributed by atoms with E-state index in [-0.39, 0.29) is 0 Å². The topological polar surface area (TPSA) is 45.5 Å². The van der Waals surface area contributed by atoms with E-state index >= 15 is 0 Å². The summed E-state index contributed by atoms with van der Waals surface area (Å²) in [5.41, 5.74) is 2.67. The van der Waals surface area contributed by atoms with Crippen LogP contribution in [0, 0.1) is 0 Å². The minimum Gasteiger partial charge on any atom is -0.478 e. The van der Waals surface area contributed by atoms with Crippen LogP contribution in [0.1, 0.15) is 22.8 Å². The lowest BCUT2D eigenvalue weighted by molar-refractivity contribution is 0.0697. The third-order valence-electron chi connectivity index (χ3n) is 3.38. The second kappa shape index (κ2) is 5.45. The van der Waals surface area contributed by atoms with Crippen molar-refractivity contribution >= 4 is 16.9 Å². The van der Waals surface area contributed by atoms with E-state index in [1.54, 1.807) is 12.1 Å². The Labute approximate surface area is 113 Å². The quantitative estimate of drug-likeness (QED) is 0.898. The fourth-order valence-electron chi connectivity index (χ4n) is 2.28. The standard InChI is InChI=1S/C15H20N2O2/c1-4-11-10-17(8-7-16(2)3)14-6-5-12(15(18)19)9-13(11)14/h5-6,9-10H,4,7-8H2,1-3H3,(H,18,19). The van der Waals surface area contributed by atoms with Crippen LogP contribution in [0.5, 0.6) is 0 Å². The van der Waals surface area contributed by atoms with Gasteiger partial charge in [-0.1, -0.05) is 6.92 Å². The average molecular weight is 260 g/mol. The van der Waals surface area contributed by atoms with Crippen LogP contribution >= 0.6 is 0 Å². The van der Waals surface area contributed by atoms with Crippen LogP contribution in [0.25, 0.3) is 10.9 Å². The molecule has 0 saturated carbocycles. The van der Waals surface area contributed by atoms with Crippen molar-refractivity contribution in [1.82, 2.24) is 9.47 Å². The second-order valence-corrected chi connectivity index (χ2v) is 5.04. The van der Waals surface area contributed by atoms with Gasteiger partial charge in [0.05, 0.1) is 5.56 Å². The molecule has 0 spiro atoms. The van der Waals surface area contributed by atoms with E-state index < -0.39 is 5.97 Å². The van der Waals surface area contributed by atoms with Gasteiger partial charge in [0.2, 0.25) is 0 Å². The Balaban J connectivity index is 2.46. The van der Waals surface area contributed by atoms with Crippen LogP contribution in [0.3, 0.4) is 0 Å². The summed E-state index contributed by atoms with van der Waals surface area (Å²) in [5.74, 6) is -0.870. The maximum atomic E-state index is 11.1. The molecule has 19 heavy (non-hydrogen) atoms. The molecule has 0 bridgehead atoms. The molecule has 1 heterocycles. The number of aromatic carboxylic acids is 1. The average Bonchev–Trinajstić information content (AvgIpc) is 2.73. The van der Waals surface area contributed by atoms with E-state index in [0.29, 0.717) is 5.56 Å². The number of aromatic nitrogens is 1. The van der Waals surface area contributed by atoms with Gasteiger partial charge in [-0.2, -0.15) is 0 Å². The van der Waals surface area contributed by atoms with Crippen LogP contribution in [-0.2, 0) is 13.0 Å². The first-order valence-electron chi connectivity index (χ1n) is 6.52. The zero-order valence-electron chi connectivity index (χ0n) is 11.7. The number of hydrogen-bond donors (Lipinski definition) is 1. The van der Waals surface area contributed by atoms with Gasteiger partial charge in [-0.15, -0.1) is 0 Å². The Morgan fingerprint density at radius 3 is 2.68 bits per heavy atom. The van der Waals surface area contributed by atoms with Crippen LogP contribution in [0.15, 0.2) is 24.4 Å². The number of carboxylic acid groups (broad SMARTS) is 1. The number of hydrogen-bond acceptors (Lipinski definition) is 2. The third kappa shape index (κ3) is 2.79. The summed E-state index contributed by atoms with van der Waals surface area (Å²) in [5, 5.41) is 10.1. The van der Waals surface area contributed by atoms with Crippen LogP contribution in [0.2, 0.25) is 0 Å². The summed E-state index contributed by atoms with van der Waals surface area (Å²) in [4.78, 5) is 13.2. The van der Waals surface area contributed by atoms with E-state index in [4.69, 9.17) is 5.11 Å². The van der Waals surface area contributed by atoms with Crippen molar-refractivity contribution in [3.05, 3.63) is 35.5 Å². The van der Waals surface area contributed by atoms with Crippen LogP contribution < -0.4 is 0 Å². The minimum atomic E-state index is -0.870. The first kappa shape index (κ1) is 13.6. The van der Waals surface area contributed by atoms with Gasteiger partial charge in [0.25, 0.3) is 0 Å². The highest BCUT2D eigenvalue weighted by molar-refractivity contribution is 5.95. The van der Waals surface area contributed by atoms with E-state index in [1.165, 1.54) is 5.56 Å². The molecule has 1 N–H and O–H groups in total. The van der Waals surface area contributed by atoms with Gasteiger partial charge in [-0.3, -0.25) is 0 Å². The lowest BCUT2D eigenvalue weighted by Gasteiger charge is -2.11. The molecule has 4 nitrogen and oxygen atoms in total. The Bertz CT molecular complexity index is 599. The SMILES string of the molecule is CCc1cn(CCN(C)C)c2ccc(C(=O)O)cc12. The molecule has 0 fully saturated rings. The number of carboxylic acids is 1. The third-order valence-corrected chi connectivity index (χ3v) is 3.38. The van der Waals surface area contributed by atoms with E-state index in [9.17, 15) is 4.79 Å². The summed E-state index contributed by atoms with van der Waals surface area (Å²) in [7, 11) is 4.10. The zero-order chi connectivity index (χ0) is 14.0. The van der Waals surface area contributed by atoms with E-state index in [1.807, 2.05) is 6.07 Å². The predicted molar refractivity (Wildman–Crippen MR) is 76.8 cm³/mol. The molecule has 2 aromatic rings. The number of fused-ring (bicyclic) bond motifs is 1. The lowest BCUT2D eigenvalue weighted by atomic mass is 10.1. The lowest BCUT2D eigenvalue weighted by Crippen LogP contribution is -2.17. The van der Waals surface area contributed by atoms with E-state index in [0.717, 1.165) is 30.4 Å².